The van der Waals surface area contributed by atoms with Gasteiger partial charge in [0.2, 0.25) is 5.91 Å². The Kier molecular flexibility index (Phi) is 12.0. The van der Waals surface area contributed by atoms with E-state index < -0.39 is 0 Å². The van der Waals surface area contributed by atoms with Crippen LogP contribution in [0.5, 0.6) is 0 Å². The minimum atomic E-state index is 0.326. The van der Waals surface area contributed by atoms with Crippen molar-refractivity contribution >= 4 is 5.91 Å². The van der Waals surface area contributed by atoms with E-state index in [4.69, 9.17) is 0 Å². The number of rotatable bonds is 1. The minimum Gasteiger partial charge on any atom is -0.343 e. The van der Waals surface area contributed by atoms with Crippen molar-refractivity contribution in [2.45, 2.75) is 79.6 Å². The van der Waals surface area contributed by atoms with Crippen LogP contribution >= 0.6 is 0 Å². The largest absolute Gasteiger partial charge is 0.343 e. The molecule has 0 unspecified atom stereocenters. The highest BCUT2D eigenvalue weighted by Crippen LogP contribution is 2.16. The average molecular weight is 293 g/mol. The molecule has 122 valence electrons. The van der Waals surface area contributed by atoms with Crippen molar-refractivity contribution in [2.24, 2.45) is 0 Å². The summed E-state index contributed by atoms with van der Waals surface area (Å²) in [5.41, 5.74) is 3.02. The third-order valence-electron chi connectivity index (χ3n) is 3.83. The summed E-state index contributed by atoms with van der Waals surface area (Å²) in [7, 11) is 0. The van der Waals surface area contributed by atoms with Gasteiger partial charge < -0.3 is 4.90 Å². The van der Waals surface area contributed by atoms with Crippen molar-refractivity contribution in [3.05, 3.63) is 23.3 Å². The van der Waals surface area contributed by atoms with E-state index in [2.05, 4.69) is 26.0 Å². The monoisotopic (exact) mass is 293 g/mol. The first-order chi connectivity index (χ1) is 10.1. The third-order valence-corrected chi connectivity index (χ3v) is 3.83. The van der Waals surface area contributed by atoms with Gasteiger partial charge in [0, 0.05) is 19.5 Å². The summed E-state index contributed by atoms with van der Waals surface area (Å²) in [5.74, 6) is 0.326. The smallest absolute Gasteiger partial charge is 0.222 e. The molecule has 1 fully saturated rings. The van der Waals surface area contributed by atoms with Gasteiger partial charge in [-0.1, -0.05) is 56.9 Å². The number of hydrogen-bond acceptors (Lipinski definition) is 1. The first-order valence-corrected chi connectivity index (χ1v) is 8.74. The molecule has 1 aliphatic carbocycles. The third kappa shape index (κ3) is 9.49. The average Bonchev–Trinajstić information content (AvgIpc) is 2.81. The van der Waals surface area contributed by atoms with Gasteiger partial charge in [0.05, 0.1) is 0 Å². The Morgan fingerprint density at radius 1 is 0.952 bits per heavy atom. The number of hydrogen-bond donors (Lipinski definition) is 0. The lowest BCUT2D eigenvalue weighted by molar-refractivity contribution is -0.130. The van der Waals surface area contributed by atoms with Crippen molar-refractivity contribution in [3.8, 4) is 0 Å². The van der Waals surface area contributed by atoms with Crippen LogP contribution in [0.15, 0.2) is 23.3 Å². The summed E-state index contributed by atoms with van der Waals surface area (Å²) in [6.45, 7) is 12.3. The highest BCUT2D eigenvalue weighted by Gasteiger charge is 2.12. The van der Waals surface area contributed by atoms with Gasteiger partial charge >= 0.3 is 0 Å². The zero-order chi connectivity index (χ0) is 16.1. The summed E-state index contributed by atoms with van der Waals surface area (Å²) in [5, 5.41) is 0. The zero-order valence-electron chi connectivity index (χ0n) is 14.9. The Morgan fingerprint density at radius 3 is 1.71 bits per heavy atom. The maximum atomic E-state index is 11.2. The molecule has 0 aromatic rings. The van der Waals surface area contributed by atoms with Gasteiger partial charge in [-0.15, -0.1) is 0 Å². The summed E-state index contributed by atoms with van der Waals surface area (Å²) in [6.07, 6.45) is 12.6. The van der Waals surface area contributed by atoms with Crippen molar-refractivity contribution < 1.29 is 4.79 Å². The molecule has 0 N–H and O–H groups in total. The van der Waals surface area contributed by atoms with Crippen molar-refractivity contribution in [3.63, 3.8) is 0 Å². The Morgan fingerprint density at radius 2 is 1.38 bits per heavy atom. The van der Waals surface area contributed by atoms with Crippen LogP contribution in [0.3, 0.4) is 0 Å². The highest BCUT2D eigenvalue weighted by atomic mass is 16.2. The van der Waals surface area contributed by atoms with E-state index in [0.29, 0.717) is 12.3 Å². The lowest BCUT2D eigenvalue weighted by atomic mass is 10.0. The fourth-order valence-electron chi connectivity index (χ4n) is 2.39. The van der Waals surface area contributed by atoms with Crippen LogP contribution in [-0.4, -0.2) is 23.9 Å². The van der Waals surface area contributed by atoms with Crippen LogP contribution in [0.4, 0.5) is 0 Å². The summed E-state index contributed by atoms with van der Waals surface area (Å²) >= 11 is 0. The van der Waals surface area contributed by atoms with E-state index in [1.54, 1.807) is 0 Å². The number of carbonyl (C=O) groups excluding carboxylic acids is 1. The molecule has 0 radical (unpaired) electrons. The zero-order valence-corrected chi connectivity index (χ0v) is 14.9. The Bertz CT molecular complexity index is 315. The van der Waals surface area contributed by atoms with Crippen LogP contribution in [0.1, 0.15) is 79.6 Å². The van der Waals surface area contributed by atoms with Crippen molar-refractivity contribution in [1.29, 1.82) is 0 Å². The van der Waals surface area contributed by atoms with Gasteiger partial charge in [-0.3, -0.25) is 4.79 Å². The van der Waals surface area contributed by atoms with Crippen LogP contribution in [-0.2, 0) is 4.79 Å². The number of likely N-dealkylation sites (tertiary alicyclic amines) is 1. The quantitative estimate of drug-likeness (QED) is 0.625. The molecule has 21 heavy (non-hydrogen) atoms. The normalized spacial score (nSPS) is 18.0. The topological polar surface area (TPSA) is 20.3 Å². The molecule has 2 nitrogen and oxygen atoms in total. The van der Waals surface area contributed by atoms with Crippen LogP contribution in [0.25, 0.3) is 0 Å². The van der Waals surface area contributed by atoms with E-state index in [1.165, 1.54) is 49.7 Å². The Labute approximate surface area is 132 Å². The number of nitrogens with zero attached hydrogens (tertiary/aromatic N) is 1. The molecule has 0 atom stereocenters. The van der Waals surface area contributed by atoms with Gasteiger partial charge in [-0.25, -0.2) is 0 Å². The number of allylic oxidation sites excluding steroid dienone is 4. The first-order valence-electron chi connectivity index (χ1n) is 8.74. The van der Waals surface area contributed by atoms with E-state index >= 15 is 0 Å². The molecule has 1 saturated heterocycles. The lowest BCUT2D eigenvalue weighted by Gasteiger charge is -2.18. The predicted molar refractivity (Wildman–Crippen MR) is 93.4 cm³/mol. The van der Waals surface area contributed by atoms with Gasteiger partial charge in [0.1, 0.15) is 0 Å². The second-order valence-corrected chi connectivity index (χ2v) is 5.67. The first kappa shape index (κ1) is 19.9. The summed E-state index contributed by atoms with van der Waals surface area (Å²) < 4.78 is 0. The molecule has 1 aliphatic heterocycles. The maximum Gasteiger partial charge on any atom is 0.222 e. The lowest BCUT2D eigenvalue weighted by Crippen LogP contribution is -2.30. The fourth-order valence-corrected chi connectivity index (χ4v) is 2.39. The molecule has 1 heterocycles. The van der Waals surface area contributed by atoms with Crippen molar-refractivity contribution in [1.82, 2.24) is 4.90 Å². The summed E-state index contributed by atoms with van der Waals surface area (Å²) in [4.78, 5) is 13.3. The standard InChI is InChI=1S/C9H17NO.C8H12.C2H6/c1-2-9(11)10-7-5-3-4-6-8-10;1-7-3-5-8(2)6-4-7;1-2/h2-8H2,1H3;3,5H,4,6H2,1-2H3;1-2H3. The van der Waals surface area contributed by atoms with Gasteiger partial charge in [0.15, 0.2) is 0 Å². The Balaban J connectivity index is 0.000000354. The molecule has 0 saturated carbocycles. The van der Waals surface area contributed by atoms with E-state index in [9.17, 15) is 4.79 Å². The SMILES string of the molecule is CC.CC1=CC=C(C)CC1.CCC(=O)N1CCCCCC1. The summed E-state index contributed by atoms with van der Waals surface area (Å²) in [6, 6.07) is 0. The predicted octanol–water partition coefficient (Wildman–Crippen LogP) is 5.50. The molecule has 0 aromatic carbocycles. The number of amides is 1. The maximum absolute atomic E-state index is 11.2. The van der Waals surface area contributed by atoms with Gasteiger partial charge in [-0.2, -0.15) is 0 Å². The van der Waals surface area contributed by atoms with E-state index in [0.717, 1.165) is 13.1 Å². The van der Waals surface area contributed by atoms with Crippen LogP contribution in [0, 0.1) is 0 Å². The van der Waals surface area contributed by atoms with E-state index in [1.807, 2.05) is 25.7 Å². The molecule has 0 aromatic heterocycles. The molecule has 0 bridgehead atoms. The molecular formula is C19H35NO. The molecule has 1 amide bonds. The second-order valence-electron chi connectivity index (χ2n) is 5.67. The molecule has 2 heteroatoms. The van der Waals surface area contributed by atoms with Crippen LogP contribution in [0.2, 0.25) is 0 Å². The second kappa shape index (κ2) is 12.7. The van der Waals surface area contributed by atoms with Gasteiger partial charge in [-0.05, 0) is 39.5 Å². The van der Waals surface area contributed by atoms with Crippen molar-refractivity contribution in [2.75, 3.05) is 13.1 Å². The Hall–Kier alpha value is -1.05. The van der Waals surface area contributed by atoms with E-state index in [-0.39, 0.29) is 0 Å². The fraction of sp³-hybridized carbons (Fsp3) is 0.737. The van der Waals surface area contributed by atoms with Crippen LogP contribution < -0.4 is 0 Å². The minimum absolute atomic E-state index is 0.326. The van der Waals surface area contributed by atoms with Gasteiger partial charge in [0.25, 0.3) is 0 Å². The molecular weight excluding hydrogens is 258 g/mol. The number of carbonyl (C=O) groups is 1. The molecule has 2 rings (SSSR count). The molecule has 0 spiro atoms. The highest BCUT2D eigenvalue weighted by molar-refractivity contribution is 5.75. The molecule has 2 aliphatic rings.